The third-order valence-electron chi connectivity index (χ3n) is 4.43. The predicted molar refractivity (Wildman–Crippen MR) is 115 cm³/mol. The molecule has 0 aliphatic carbocycles. The van der Waals surface area contributed by atoms with Gasteiger partial charge in [0.15, 0.2) is 5.16 Å². The molecule has 4 aromatic rings. The molecule has 0 radical (unpaired) electrons. The number of aromatic nitrogens is 4. The number of thioether (sulfide) groups is 1. The Labute approximate surface area is 176 Å². The number of halogens is 1. The van der Waals surface area contributed by atoms with Gasteiger partial charge in [0, 0.05) is 17.1 Å². The number of nitrogens with zero attached hydrogens (tertiary/aromatic N) is 4. The van der Waals surface area contributed by atoms with Crippen LogP contribution in [0.1, 0.15) is 24.8 Å². The minimum atomic E-state index is -0.0677. The van der Waals surface area contributed by atoms with Gasteiger partial charge in [0.05, 0.1) is 16.7 Å². The molecule has 29 heavy (non-hydrogen) atoms. The van der Waals surface area contributed by atoms with Crippen LogP contribution in [0.5, 0.6) is 0 Å². The van der Waals surface area contributed by atoms with Crippen LogP contribution in [-0.2, 0) is 12.3 Å². The van der Waals surface area contributed by atoms with Crippen LogP contribution >= 0.6 is 23.4 Å². The minimum Gasteiger partial charge on any atom is -0.338 e. The molecule has 0 N–H and O–H groups in total. The van der Waals surface area contributed by atoms with Crippen molar-refractivity contribution in [2.45, 2.75) is 37.7 Å². The summed E-state index contributed by atoms with van der Waals surface area (Å²) < 4.78 is 7.08. The first-order chi connectivity index (χ1) is 14.0. The second-order valence-electron chi connectivity index (χ2n) is 6.68. The first-order valence-electron chi connectivity index (χ1n) is 9.27. The van der Waals surface area contributed by atoms with Crippen molar-refractivity contribution in [1.82, 2.24) is 19.7 Å². The van der Waals surface area contributed by atoms with Crippen LogP contribution in [0, 0.1) is 6.92 Å². The van der Waals surface area contributed by atoms with Crippen molar-refractivity contribution in [3.05, 3.63) is 69.3 Å². The van der Waals surface area contributed by atoms with Crippen molar-refractivity contribution in [2.75, 3.05) is 0 Å². The van der Waals surface area contributed by atoms with Crippen molar-refractivity contribution in [1.29, 1.82) is 0 Å². The van der Waals surface area contributed by atoms with E-state index < -0.39 is 0 Å². The molecular formula is C21H19ClN4O2S. The van der Waals surface area contributed by atoms with Crippen molar-refractivity contribution in [3.8, 4) is 11.4 Å². The summed E-state index contributed by atoms with van der Waals surface area (Å²) in [5, 5.41) is 5.78. The fraction of sp³-hybridized carbons (Fsp3) is 0.238. The number of rotatable bonds is 6. The molecule has 2 heterocycles. The summed E-state index contributed by atoms with van der Waals surface area (Å²) >= 11 is 7.48. The predicted octanol–water partition coefficient (Wildman–Crippen LogP) is 5.11. The quantitative estimate of drug-likeness (QED) is 0.315. The third kappa shape index (κ3) is 4.21. The van der Waals surface area contributed by atoms with Crippen molar-refractivity contribution >= 4 is 34.3 Å². The Morgan fingerprint density at radius 1 is 1.14 bits per heavy atom. The Balaban J connectivity index is 1.61. The van der Waals surface area contributed by atoms with Gasteiger partial charge in [0.2, 0.25) is 11.7 Å². The van der Waals surface area contributed by atoms with Gasteiger partial charge in [-0.1, -0.05) is 65.3 Å². The monoisotopic (exact) mass is 426 g/mol. The SMILES string of the molecule is CCCn1c(SCc2nc(-c3ccc(C)cc3)no2)nc2cc(Cl)ccc2c1=O. The van der Waals surface area contributed by atoms with Crippen LogP contribution in [0.25, 0.3) is 22.3 Å². The molecule has 0 saturated heterocycles. The van der Waals surface area contributed by atoms with E-state index in [4.69, 9.17) is 16.1 Å². The average Bonchev–Trinajstić information content (AvgIpc) is 3.18. The summed E-state index contributed by atoms with van der Waals surface area (Å²) in [5.74, 6) is 1.44. The van der Waals surface area contributed by atoms with Crippen LogP contribution in [0.2, 0.25) is 5.02 Å². The molecule has 0 saturated carbocycles. The van der Waals surface area contributed by atoms with Gasteiger partial charge in [-0.3, -0.25) is 9.36 Å². The summed E-state index contributed by atoms with van der Waals surface area (Å²) in [7, 11) is 0. The normalized spacial score (nSPS) is 11.3. The molecule has 2 aromatic heterocycles. The third-order valence-corrected chi connectivity index (χ3v) is 5.63. The number of aryl methyl sites for hydroxylation is 1. The Hall–Kier alpha value is -2.64. The molecule has 0 aliphatic heterocycles. The minimum absolute atomic E-state index is 0.0677. The van der Waals surface area contributed by atoms with E-state index in [9.17, 15) is 4.79 Å². The maximum absolute atomic E-state index is 12.9. The van der Waals surface area contributed by atoms with E-state index in [0.29, 0.717) is 45.1 Å². The second-order valence-corrected chi connectivity index (χ2v) is 8.06. The average molecular weight is 427 g/mol. The summed E-state index contributed by atoms with van der Waals surface area (Å²) in [6.45, 7) is 4.64. The number of benzene rings is 2. The molecule has 6 nitrogen and oxygen atoms in total. The molecule has 0 spiro atoms. The Morgan fingerprint density at radius 2 is 1.93 bits per heavy atom. The fourth-order valence-electron chi connectivity index (χ4n) is 2.96. The van der Waals surface area contributed by atoms with E-state index in [0.717, 1.165) is 12.0 Å². The smallest absolute Gasteiger partial charge is 0.262 e. The standard InChI is InChI=1S/C21H19ClN4O2S/c1-3-10-26-20(27)16-9-8-15(22)11-17(16)23-21(26)29-12-18-24-19(25-28-18)14-6-4-13(2)5-7-14/h4-9,11H,3,10,12H2,1-2H3. The van der Waals surface area contributed by atoms with Gasteiger partial charge in [0.1, 0.15) is 0 Å². The van der Waals surface area contributed by atoms with Crippen LogP contribution in [0.3, 0.4) is 0 Å². The van der Waals surface area contributed by atoms with Crippen molar-refractivity contribution in [2.24, 2.45) is 0 Å². The van der Waals surface area contributed by atoms with Crippen molar-refractivity contribution < 1.29 is 4.52 Å². The van der Waals surface area contributed by atoms with E-state index in [2.05, 4.69) is 15.1 Å². The zero-order chi connectivity index (χ0) is 20.4. The molecular weight excluding hydrogens is 408 g/mol. The van der Waals surface area contributed by atoms with Crippen LogP contribution in [0.4, 0.5) is 0 Å². The molecule has 0 aliphatic rings. The Morgan fingerprint density at radius 3 is 2.69 bits per heavy atom. The lowest BCUT2D eigenvalue weighted by atomic mass is 10.1. The highest BCUT2D eigenvalue weighted by molar-refractivity contribution is 7.98. The number of hydrogen-bond donors (Lipinski definition) is 0. The van der Waals surface area contributed by atoms with E-state index in [-0.39, 0.29) is 5.56 Å². The van der Waals surface area contributed by atoms with E-state index in [1.165, 1.54) is 17.3 Å². The molecule has 8 heteroatoms. The summed E-state index contributed by atoms with van der Waals surface area (Å²) in [6, 6.07) is 13.1. The van der Waals surface area contributed by atoms with Gasteiger partial charge >= 0.3 is 0 Å². The van der Waals surface area contributed by atoms with Crippen molar-refractivity contribution in [3.63, 3.8) is 0 Å². The van der Waals surface area contributed by atoms with E-state index in [1.807, 2.05) is 38.1 Å². The molecule has 0 amide bonds. The summed E-state index contributed by atoms with van der Waals surface area (Å²) in [6.07, 6.45) is 0.826. The van der Waals surface area contributed by atoms with Gasteiger partial charge in [-0.05, 0) is 31.5 Å². The molecule has 2 aromatic carbocycles. The topological polar surface area (TPSA) is 73.8 Å². The lowest BCUT2D eigenvalue weighted by molar-refractivity contribution is 0.391. The Kier molecular flexibility index (Phi) is 5.69. The second kappa shape index (κ2) is 8.39. The highest BCUT2D eigenvalue weighted by atomic mass is 35.5. The van der Waals surface area contributed by atoms with E-state index in [1.54, 1.807) is 22.8 Å². The summed E-state index contributed by atoms with van der Waals surface area (Å²) in [5.41, 5.74) is 2.59. The largest absolute Gasteiger partial charge is 0.338 e. The van der Waals surface area contributed by atoms with E-state index >= 15 is 0 Å². The first kappa shape index (κ1) is 19.7. The number of hydrogen-bond acceptors (Lipinski definition) is 6. The fourth-order valence-corrected chi connectivity index (χ4v) is 3.99. The zero-order valence-electron chi connectivity index (χ0n) is 16.1. The lowest BCUT2D eigenvalue weighted by Gasteiger charge is -2.11. The summed E-state index contributed by atoms with van der Waals surface area (Å²) in [4.78, 5) is 22.0. The van der Waals surface area contributed by atoms with Gasteiger partial charge in [-0.15, -0.1) is 0 Å². The molecule has 0 fully saturated rings. The lowest BCUT2D eigenvalue weighted by Crippen LogP contribution is -2.23. The maximum Gasteiger partial charge on any atom is 0.262 e. The number of fused-ring (bicyclic) bond motifs is 1. The molecule has 0 unspecified atom stereocenters. The Bertz CT molecular complexity index is 1220. The maximum atomic E-state index is 12.9. The van der Waals surface area contributed by atoms with Gasteiger partial charge < -0.3 is 4.52 Å². The molecule has 148 valence electrons. The van der Waals surface area contributed by atoms with Crippen LogP contribution < -0.4 is 5.56 Å². The van der Waals surface area contributed by atoms with Crippen LogP contribution in [-0.4, -0.2) is 19.7 Å². The highest BCUT2D eigenvalue weighted by Gasteiger charge is 2.14. The van der Waals surface area contributed by atoms with Gasteiger partial charge in [-0.2, -0.15) is 4.98 Å². The molecule has 4 rings (SSSR count). The zero-order valence-corrected chi connectivity index (χ0v) is 17.6. The van der Waals surface area contributed by atoms with Gasteiger partial charge in [0.25, 0.3) is 5.56 Å². The highest BCUT2D eigenvalue weighted by Crippen LogP contribution is 2.24. The van der Waals surface area contributed by atoms with Gasteiger partial charge in [-0.25, -0.2) is 4.98 Å². The first-order valence-corrected chi connectivity index (χ1v) is 10.6. The van der Waals surface area contributed by atoms with Crippen LogP contribution in [0.15, 0.2) is 56.9 Å². The molecule has 0 bridgehead atoms. The molecule has 0 atom stereocenters.